The van der Waals surface area contributed by atoms with Crippen LogP contribution in [0, 0.1) is 0 Å². The summed E-state index contributed by atoms with van der Waals surface area (Å²) in [5.41, 5.74) is 6.53. The zero-order chi connectivity index (χ0) is 16.8. The average molecular weight is 450 g/mol. The van der Waals surface area contributed by atoms with Gasteiger partial charge in [0.05, 0.1) is 23.4 Å². The maximum atomic E-state index is 12.3. The van der Waals surface area contributed by atoms with Crippen LogP contribution in [0.4, 0.5) is 5.69 Å². The lowest BCUT2D eigenvalue weighted by atomic mass is 10.1. The predicted octanol–water partition coefficient (Wildman–Crippen LogP) is 2.56. The molecule has 1 amide bonds. The molecule has 10 heteroatoms. The predicted molar refractivity (Wildman–Crippen MR) is 115 cm³/mol. The first kappa shape index (κ1) is 27.6. The van der Waals surface area contributed by atoms with Crippen LogP contribution in [-0.4, -0.2) is 69.1 Å². The maximum Gasteiger partial charge on any atom is 0.255 e. The highest BCUT2D eigenvalue weighted by molar-refractivity contribution is 6.33. The largest absolute Gasteiger partial charge is 0.496 e. The molecule has 1 aliphatic rings. The molecule has 3 N–H and O–H groups in total. The first-order valence-electron chi connectivity index (χ1n) is 7.83. The molecule has 6 nitrogen and oxygen atoms in total. The van der Waals surface area contributed by atoms with E-state index in [1.165, 1.54) is 7.11 Å². The molecule has 0 atom stereocenters. The van der Waals surface area contributed by atoms with Crippen molar-refractivity contribution in [2.45, 2.75) is 6.42 Å². The summed E-state index contributed by atoms with van der Waals surface area (Å²) >= 11 is 5.99. The van der Waals surface area contributed by atoms with E-state index in [-0.39, 0.29) is 43.1 Å². The van der Waals surface area contributed by atoms with Crippen LogP contribution in [0.15, 0.2) is 12.1 Å². The van der Waals surface area contributed by atoms with Gasteiger partial charge in [-0.1, -0.05) is 11.6 Å². The number of nitrogens with one attached hydrogen (secondary N) is 1. The minimum atomic E-state index is -0.192. The zero-order valence-corrected chi connectivity index (χ0v) is 18.2. The molecular weight excluding hydrogens is 422 g/mol. The number of nitrogens with zero attached hydrogens (tertiary/aromatic N) is 2. The Morgan fingerprint density at radius 2 is 1.85 bits per heavy atom. The molecule has 1 aliphatic heterocycles. The van der Waals surface area contributed by atoms with Crippen LogP contribution in [0.5, 0.6) is 5.75 Å². The van der Waals surface area contributed by atoms with Crippen molar-refractivity contribution in [2.24, 2.45) is 0 Å². The van der Waals surface area contributed by atoms with Gasteiger partial charge in [-0.3, -0.25) is 4.79 Å². The first-order chi connectivity index (χ1) is 11.0. The number of piperazine rings is 1. The number of halogens is 4. The Hall–Kier alpha value is -0.630. The molecule has 0 spiro atoms. The summed E-state index contributed by atoms with van der Waals surface area (Å²) in [5.74, 6) is 0.241. The van der Waals surface area contributed by atoms with E-state index in [1.807, 2.05) is 0 Å². The maximum absolute atomic E-state index is 12.3. The van der Waals surface area contributed by atoms with Crippen molar-refractivity contribution in [1.29, 1.82) is 0 Å². The molecule has 0 saturated carbocycles. The molecule has 0 radical (unpaired) electrons. The first-order valence-corrected chi connectivity index (χ1v) is 8.21. The lowest BCUT2D eigenvalue weighted by Crippen LogP contribution is -2.45. The number of ether oxygens (including phenoxy) is 1. The summed E-state index contributed by atoms with van der Waals surface area (Å²) in [6.45, 7) is 6.00. The van der Waals surface area contributed by atoms with E-state index in [2.05, 4.69) is 22.2 Å². The van der Waals surface area contributed by atoms with Gasteiger partial charge >= 0.3 is 0 Å². The fraction of sp³-hybridized carbons (Fsp3) is 0.562. The summed E-state index contributed by atoms with van der Waals surface area (Å²) in [7, 11) is 3.65. The molecule has 1 aromatic carbocycles. The number of nitrogen functional groups attached to an aromatic ring is 1. The minimum Gasteiger partial charge on any atom is -0.496 e. The number of rotatable bonds is 6. The Bertz CT molecular complexity index is 555. The van der Waals surface area contributed by atoms with Crippen molar-refractivity contribution in [1.82, 2.24) is 15.1 Å². The fourth-order valence-corrected chi connectivity index (χ4v) is 2.75. The fourth-order valence-electron chi connectivity index (χ4n) is 2.59. The highest BCUT2D eigenvalue weighted by atomic mass is 35.5. The standard InChI is InChI=1S/C16H25ClN4O2.3ClH/c1-20-6-8-21(9-7-20)5-3-4-19-16(22)12-10-13(17)14(18)11-15(12)23-2;;;/h10-11H,3-9,18H2,1-2H3,(H,19,22);3*1H. The Labute approximate surface area is 179 Å². The zero-order valence-electron chi connectivity index (χ0n) is 15.0. The highest BCUT2D eigenvalue weighted by Crippen LogP contribution is 2.28. The van der Waals surface area contributed by atoms with Crippen molar-refractivity contribution in [3.63, 3.8) is 0 Å². The van der Waals surface area contributed by atoms with E-state index in [0.29, 0.717) is 28.6 Å². The molecule has 0 aliphatic carbocycles. The number of likely N-dealkylation sites (N-methyl/N-ethyl adjacent to an activating group) is 1. The van der Waals surface area contributed by atoms with Crippen LogP contribution in [0.3, 0.4) is 0 Å². The Morgan fingerprint density at radius 1 is 1.23 bits per heavy atom. The van der Waals surface area contributed by atoms with Crippen LogP contribution < -0.4 is 15.8 Å². The number of hydrogen-bond donors (Lipinski definition) is 2. The molecule has 26 heavy (non-hydrogen) atoms. The quantitative estimate of drug-likeness (QED) is 0.515. The SMILES string of the molecule is COc1cc(N)c(Cl)cc1C(=O)NCCCN1CCN(C)CC1.Cl.Cl.Cl. The van der Waals surface area contributed by atoms with E-state index < -0.39 is 0 Å². The van der Waals surface area contributed by atoms with Gasteiger partial charge in [0.2, 0.25) is 0 Å². The normalized spacial score (nSPS) is 14.4. The van der Waals surface area contributed by atoms with Crippen molar-refractivity contribution in [3.05, 3.63) is 22.7 Å². The Kier molecular flexibility index (Phi) is 14.4. The van der Waals surface area contributed by atoms with Gasteiger partial charge in [-0.05, 0) is 26.1 Å². The number of carbonyl (C=O) groups excluding carboxylic acids is 1. The summed E-state index contributed by atoms with van der Waals surface area (Å²) in [4.78, 5) is 17.0. The molecule has 0 unspecified atom stereocenters. The van der Waals surface area contributed by atoms with Crippen molar-refractivity contribution in [2.75, 3.05) is 59.2 Å². The third kappa shape index (κ3) is 7.94. The Balaban J connectivity index is 0. The minimum absolute atomic E-state index is 0. The van der Waals surface area contributed by atoms with Crippen molar-refractivity contribution < 1.29 is 9.53 Å². The topological polar surface area (TPSA) is 70.8 Å². The molecule has 1 aromatic rings. The summed E-state index contributed by atoms with van der Waals surface area (Å²) in [5, 5.41) is 3.27. The van der Waals surface area contributed by atoms with Gasteiger partial charge in [-0.2, -0.15) is 0 Å². The highest BCUT2D eigenvalue weighted by Gasteiger charge is 2.16. The van der Waals surface area contributed by atoms with Gasteiger partial charge in [0.15, 0.2) is 0 Å². The van der Waals surface area contributed by atoms with E-state index in [0.717, 1.165) is 39.1 Å². The van der Waals surface area contributed by atoms with Gasteiger partial charge in [-0.15, -0.1) is 37.2 Å². The number of carbonyl (C=O) groups is 1. The molecule has 152 valence electrons. The molecule has 1 fully saturated rings. The van der Waals surface area contributed by atoms with E-state index in [4.69, 9.17) is 22.1 Å². The second-order valence-electron chi connectivity index (χ2n) is 5.83. The van der Waals surface area contributed by atoms with Gasteiger partial charge in [0.1, 0.15) is 5.75 Å². The monoisotopic (exact) mass is 448 g/mol. The summed E-state index contributed by atoms with van der Waals surface area (Å²) in [6.07, 6.45) is 0.917. The summed E-state index contributed by atoms with van der Waals surface area (Å²) < 4.78 is 5.20. The number of benzene rings is 1. The van der Waals surface area contributed by atoms with Gasteiger partial charge < -0.3 is 25.6 Å². The number of anilines is 1. The lowest BCUT2D eigenvalue weighted by Gasteiger charge is -2.32. The second kappa shape index (κ2) is 13.5. The lowest BCUT2D eigenvalue weighted by molar-refractivity contribution is 0.0946. The van der Waals surface area contributed by atoms with Gasteiger partial charge in [0, 0.05) is 38.8 Å². The third-order valence-electron chi connectivity index (χ3n) is 4.10. The van der Waals surface area contributed by atoms with Crippen LogP contribution >= 0.6 is 48.8 Å². The smallest absolute Gasteiger partial charge is 0.255 e. The Morgan fingerprint density at radius 3 is 2.42 bits per heavy atom. The van der Waals surface area contributed by atoms with E-state index in [1.54, 1.807) is 12.1 Å². The molecular formula is C16H28Cl4N4O2. The second-order valence-corrected chi connectivity index (χ2v) is 6.24. The van der Waals surface area contributed by atoms with Crippen LogP contribution in [0.25, 0.3) is 0 Å². The van der Waals surface area contributed by atoms with E-state index in [9.17, 15) is 4.79 Å². The molecule has 2 rings (SSSR count). The van der Waals surface area contributed by atoms with Crippen LogP contribution in [0.2, 0.25) is 5.02 Å². The number of methoxy groups -OCH3 is 1. The average Bonchev–Trinajstić information content (AvgIpc) is 2.55. The number of nitrogens with two attached hydrogens (primary N) is 1. The van der Waals surface area contributed by atoms with E-state index >= 15 is 0 Å². The number of amides is 1. The molecule has 1 saturated heterocycles. The van der Waals surface area contributed by atoms with Gasteiger partial charge in [-0.25, -0.2) is 0 Å². The van der Waals surface area contributed by atoms with Crippen LogP contribution in [0.1, 0.15) is 16.8 Å². The molecule has 0 aromatic heterocycles. The number of hydrogen-bond acceptors (Lipinski definition) is 5. The van der Waals surface area contributed by atoms with Crippen molar-refractivity contribution >= 4 is 60.4 Å². The third-order valence-corrected chi connectivity index (χ3v) is 4.42. The summed E-state index contributed by atoms with van der Waals surface area (Å²) in [6, 6.07) is 3.12. The van der Waals surface area contributed by atoms with Crippen LogP contribution in [-0.2, 0) is 0 Å². The molecule has 1 heterocycles. The van der Waals surface area contributed by atoms with Crippen molar-refractivity contribution in [3.8, 4) is 5.75 Å². The van der Waals surface area contributed by atoms with Gasteiger partial charge in [0.25, 0.3) is 5.91 Å². The molecule has 0 bridgehead atoms.